The number of nitrogens with one attached hydrogen (secondary N) is 1. The van der Waals surface area contributed by atoms with Crippen LogP contribution in [0.1, 0.15) is 50.7 Å². The first kappa shape index (κ1) is 19.6. The van der Waals surface area contributed by atoms with E-state index in [9.17, 15) is 22.4 Å². The van der Waals surface area contributed by atoms with Crippen LogP contribution in [0.2, 0.25) is 0 Å². The molecule has 0 bridgehead atoms. The van der Waals surface area contributed by atoms with Gasteiger partial charge < -0.3 is 5.32 Å². The Morgan fingerprint density at radius 2 is 1.91 bits per heavy atom. The molecular formula is C17H23F4NO. The minimum Gasteiger partial charge on any atom is -0.315 e. The number of hydrogen-bond donors (Lipinski definition) is 1. The number of hydrogen-bond acceptors (Lipinski definition) is 2. The van der Waals surface area contributed by atoms with Gasteiger partial charge in [0.15, 0.2) is 0 Å². The van der Waals surface area contributed by atoms with E-state index in [1.54, 1.807) is 0 Å². The largest absolute Gasteiger partial charge is 0.416 e. The van der Waals surface area contributed by atoms with Gasteiger partial charge in [0, 0.05) is 6.54 Å². The van der Waals surface area contributed by atoms with E-state index in [1.807, 2.05) is 13.8 Å². The van der Waals surface area contributed by atoms with Crippen molar-refractivity contribution >= 4 is 5.78 Å². The van der Waals surface area contributed by atoms with Crippen LogP contribution in [0.5, 0.6) is 0 Å². The molecule has 0 saturated heterocycles. The average molecular weight is 333 g/mol. The predicted octanol–water partition coefficient (Wildman–Crippen LogP) is 4.54. The quantitative estimate of drug-likeness (QED) is 0.774. The Morgan fingerprint density at radius 3 is 2.35 bits per heavy atom. The van der Waals surface area contributed by atoms with Gasteiger partial charge in [0.25, 0.3) is 0 Å². The van der Waals surface area contributed by atoms with Crippen molar-refractivity contribution in [2.45, 2.75) is 45.7 Å². The van der Waals surface area contributed by atoms with E-state index in [2.05, 4.69) is 5.32 Å². The second-order valence-electron chi connectivity index (χ2n) is 5.50. The van der Waals surface area contributed by atoms with Crippen molar-refractivity contribution in [2.75, 3.05) is 13.1 Å². The molecule has 0 heterocycles. The fourth-order valence-corrected chi connectivity index (χ4v) is 2.21. The summed E-state index contributed by atoms with van der Waals surface area (Å²) < 4.78 is 51.4. The molecular weight excluding hydrogens is 310 g/mol. The summed E-state index contributed by atoms with van der Waals surface area (Å²) in [4.78, 5) is 11.6. The van der Waals surface area contributed by atoms with Gasteiger partial charge in [0.1, 0.15) is 11.6 Å². The molecule has 1 fully saturated rings. The predicted molar refractivity (Wildman–Crippen MR) is 81.8 cm³/mol. The maximum absolute atomic E-state index is 13.9. The molecule has 0 aromatic heterocycles. The Balaban J connectivity index is 0.00000127. The van der Waals surface area contributed by atoms with E-state index in [0.717, 1.165) is 31.5 Å². The van der Waals surface area contributed by atoms with Crippen molar-refractivity contribution in [2.24, 2.45) is 5.92 Å². The molecule has 1 unspecified atom stereocenters. The summed E-state index contributed by atoms with van der Waals surface area (Å²) in [5, 5.41) is 3.09. The Morgan fingerprint density at radius 1 is 1.30 bits per heavy atom. The zero-order valence-electron chi connectivity index (χ0n) is 13.6. The third-order valence-electron chi connectivity index (χ3n) is 3.67. The molecule has 1 saturated carbocycles. The monoisotopic (exact) mass is 333 g/mol. The van der Waals surface area contributed by atoms with Gasteiger partial charge in [-0.05, 0) is 49.9 Å². The van der Waals surface area contributed by atoms with Crippen LogP contribution in [0.15, 0.2) is 18.2 Å². The Bertz CT molecular complexity index is 524. The minimum atomic E-state index is -4.59. The van der Waals surface area contributed by atoms with Crippen LogP contribution in [0.25, 0.3) is 0 Å². The maximum Gasteiger partial charge on any atom is 0.416 e. The summed E-state index contributed by atoms with van der Waals surface area (Å²) in [6, 6.07) is 2.32. The zero-order valence-corrected chi connectivity index (χ0v) is 13.6. The van der Waals surface area contributed by atoms with E-state index in [4.69, 9.17) is 0 Å². The van der Waals surface area contributed by atoms with Crippen LogP contribution in [-0.4, -0.2) is 18.9 Å². The number of alkyl halides is 3. The van der Waals surface area contributed by atoms with Crippen LogP contribution >= 0.6 is 0 Å². The topological polar surface area (TPSA) is 29.1 Å². The van der Waals surface area contributed by atoms with Crippen molar-refractivity contribution < 1.29 is 22.4 Å². The maximum atomic E-state index is 13.9. The van der Waals surface area contributed by atoms with Gasteiger partial charge >= 0.3 is 6.18 Å². The molecule has 1 atom stereocenters. The van der Waals surface area contributed by atoms with Gasteiger partial charge in [-0.1, -0.05) is 19.9 Å². The highest BCUT2D eigenvalue weighted by Gasteiger charge is 2.32. The van der Waals surface area contributed by atoms with Gasteiger partial charge in [0.2, 0.25) is 0 Å². The summed E-state index contributed by atoms with van der Waals surface area (Å²) in [6.45, 7) is 6.32. The third-order valence-corrected chi connectivity index (χ3v) is 3.67. The molecule has 23 heavy (non-hydrogen) atoms. The molecule has 1 aliphatic rings. The van der Waals surface area contributed by atoms with Crippen LogP contribution < -0.4 is 5.32 Å². The molecule has 130 valence electrons. The molecule has 1 aromatic carbocycles. The SMILES string of the molecule is CC.CC(=O)C(CNCC1CC1)c1ccc(C(F)(F)F)cc1F. The average Bonchev–Trinajstić information content (AvgIpc) is 3.29. The van der Waals surface area contributed by atoms with Crippen LogP contribution in [-0.2, 0) is 11.0 Å². The van der Waals surface area contributed by atoms with Crippen LogP contribution in [0.3, 0.4) is 0 Å². The lowest BCUT2D eigenvalue weighted by atomic mass is 9.93. The lowest BCUT2D eigenvalue weighted by Gasteiger charge is -2.17. The molecule has 2 nitrogen and oxygen atoms in total. The van der Waals surface area contributed by atoms with Crippen molar-refractivity contribution in [3.05, 3.63) is 35.1 Å². The Labute approximate surface area is 134 Å². The minimum absolute atomic E-state index is 0.0128. The number of rotatable bonds is 6. The van der Waals surface area contributed by atoms with Crippen LogP contribution in [0, 0.1) is 11.7 Å². The lowest BCUT2D eigenvalue weighted by Crippen LogP contribution is -2.28. The molecule has 2 rings (SSSR count). The van der Waals surface area contributed by atoms with Crippen molar-refractivity contribution in [3.8, 4) is 0 Å². The van der Waals surface area contributed by atoms with Crippen molar-refractivity contribution in [1.82, 2.24) is 5.32 Å². The molecule has 0 radical (unpaired) electrons. The van der Waals surface area contributed by atoms with Gasteiger partial charge in [-0.15, -0.1) is 0 Å². The number of halogens is 4. The molecule has 1 aliphatic carbocycles. The molecule has 0 spiro atoms. The van der Waals surface area contributed by atoms with Gasteiger partial charge in [0.05, 0.1) is 11.5 Å². The summed E-state index contributed by atoms with van der Waals surface area (Å²) >= 11 is 0. The normalized spacial score (nSPS) is 15.6. The number of carbonyl (C=O) groups is 1. The number of carbonyl (C=O) groups excluding carboxylic acids is 1. The molecule has 6 heteroatoms. The van der Waals surface area contributed by atoms with E-state index in [0.29, 0.717) is 12.0 Å². The molecule has 1 aromatic rings. The fraction of sp³-hybridized carbons (Fsp3) is 0.588. The highest BCUT2D eigenvalue weighted by molar-refractivity contribution is 5.83. The third kappa shape index (κ3) is 5.94. The Kier molecular flexibility index (Phi) is 7.19. The van der Waals surface area contributed by atoms with Gasteiger partial charge in [-0.25, -0.2) is 4.39 Å². The van der Waals surface area contributed by atoms with E-state index in [-0.39, 0.29) is 17.9 Å². The number of benzene rings is 1. The number of ketones is 1. The second-order valence-corrected chi connectivity index (χ2v) is 5.50. The van der Waals surface area contributed by atoms with Crippen molar-refractivity contribution in [3.63, 3.8) is 0 Å². The summed E-state index contributed by atoms with van der Waals surface area (Å²) in [7, 11) is 0. The summed E-state index contributed by atoms with van der Waals surface area (Å²) in [6.07, 6.45) is -2.30. The zero-order chi connectivity index (χ0) is 17.6. The van der Waals surface area contributed by atoms with E-state index >= 15 is 0 Å². The first-order valence-electron chi connectivity index (χ1n) is 7.87. The summed E-state index contributed by atoms with van der Waals surface area (Å²) in [5.74, 6) is -1.41. The standard InChI is InChI=1S/C15H17F4NO.C2H6/c1-9(21)13(8-20-7-10-2-3-10)12-5-4-11(6-14(12)16)15(17,18)19;1-2/h4-6,10,13,20H,2-3,7-8H2,1H3;1-2H3. The summed E-state index contributed by atoms with van der Waals surface area (Å²) in [5.41, 5.74) is -1.03. The fourth-order valence-electron chi connectivity index (χ4n) is 2.21. The molecule has 0 aliphatic heterocycles. The number of Topliss-reactive ketones (excluding diaryl/α,β-unsaturated/α-hetero) is 1. The van der Waals surface area contributed by atoms with Gasteiger partial charge in [-0.2, -0.15) is 13.2 Å². The first-order chi connectivity index (χ1) is 10.8. The Hall–Kier alpha value is -1.43. The lowest BCUT2D eigenvalue weighted by molar-refractivity contribution is -0.137. The second kappa shape index (κ2) is 8.43. The van der Waals surface area contributed by atoms with E-state index < -0.39 is 23.5 Å². The highest BCUT2D eigenvalue weighted by atomic mass is 19.4. The molecule has 1 N–H and O–H groups in total. The van der Waals surface area contributed by atoms with Crippen molar-refractivity contribution in [1.29, 1.82) is 0 Å². The first-order valence-corrected chi connectivity index (χ1v) is 7.87. The smallest absolute Gasteiger partial charge is 0.315 e. The van der Waals surface area contributed by atoms with Gasteiger partial charge in [-0.3, -0.25) is 4.79 Å². The van der Waals surface area contributed by atoms with Crippen LogP contribution in [0.4, 0.5) is 17.6 Å². The highest BCUT2D eigenvalue weighted by Crippen LogP contribution is 2.32. The van der Waals surface area contributed by atoms with E-state index in [1.165, 1.54) is 6.92 Å². The molecule has 0 amide bonds.